The van der Waals surface area contributed by atoms with E-state index in [1.807, 2.05) is 0 Å². The van der Waals surface area contributed by atoms with E-state index in [0.717, 1.165) is 4.90 Å². The average Bonchev–Trinajstić information content (AvgIpc) is 3.42. The molecule has 0 saturated carbocycles. The predicted molar refractivity (Wildman–Crippen MR) is 107 cm³/mol. The van der Waals surface area contributed by atoms with Crippen molar-refractivity contribution in [2.45, 2.75) is 49.9 Å². The zero-order chi connectivity index (χ0) is 23.8. The van der Waals surface area contributed by atoms with Crippen molar-refractivity contribution in [3.8, 4) is 0 Å². The summed E-state index contributed by atoms with van der Waals surface area (Å²) in [5.74, 6) is -4.52. The molecule has 4 atom stereocenters. The number of amides is 4. The van der Waals surface area contributed by atoms with Crippen molar-refractivity contribution in [1.29, 1.82) is 0 Å². The van der Waals surface area contributed by atoms with Crippen LogP contribution in [0.25, 0.3) is 0 Å². The molecule has 0 aliphatic carbocycles. The molecule has 0 radical (unpaired) electrons. The van der Waals surface area contributed by atoms with E-state index < -0.39 is 66.8 Å². The Labute approximate surface area is 182 Å². The van der Waals surface area contributed by atoms with E-state index in [4.69, 9.17) is 16.6 Å². The van der Waals surface area contributed by atoms with E-state index in [0.29, 0.717) is 12.1 Å². The van der Waals surface area contributed by atoms with E-state index in [2.05, 4.69) is 20.6 Å². The van der Waals surface area contributed by atoms with Crippen LogP contribution in [-0.4, -0.2) is 92.0 Å². The van der Waals surface area contributed by atoms with Gasteiger partial charge in [-0.05, 0) is 12.8 Å². The fraction of sp³-hybridized carbons (Fsp3) is 0.556. The van der Waals surface area contributed by atoms with Crippen LogP contribution >= 0.6 is 0 Å². The molecule has 1 aliphatic rings. The van der Waals surface area contributed by atoms with Crippen LogP contribution in [0.5, 0.6) is 0 Å². The van der Waals surface area contributed by atoms with Gasteiger partial charge in [-0.15, -0.1) is 0 Å². The Hall–Kier alpha value is -3.52. The number of carboxylic acids is 1. The van der Waals surface area contributed by atoms with E-state index in [-0.39, 0.29) is 19.4 Å². The monoisotopic (exact) mass is 453 g/mol. The Bertz CT molecular complexity index is 845. The number of aliphatic carboxylic acids is 1. The van der Waals surface area contributed by atoms with Gasteiger partial charge >= 0.3 is 5.97 Å². The average molecular weight is 453 g/mol. The molecule has 9 N–H and O–H groups in total. The Morgan fingerprint density at radius 1 is 1.25 bits per heavy atom. The van der Waals surface area contributed by atoms with Gasteiger partial charge in [0.15, 0.2) is 0 Å². The van der Waals surface area contributed by atoms with Gasteiger partial charge in [0.05, 0.1) is 25.4 Å². The number of carboxylic acid groups (broad SMARTS) is 1. The maximum atomic E-state index is 12.9. The molecule has 1 aromatic rings. The highest BCUT2D eigenvalue weighted by atomic mass is 16.4. The standard InChI is InChI=1S/C18H27N7O7/c19-10(4-9-6-21-8-22-9)15(28)24-12(7-26)17(30)25-3-1-2-13(25)16(29)23-11(18(31)32)5-14(20)27/h6,8,10-13,26H,1-5,7,19H2,(H2,20,27)(H,21,22)(H,23,29)(H,24,28)(H,31,32). The molecule has 0 spiro atoms. The SMILES string of the molecule is NC(=O)CC(NC(=O)C1CCCN1C(=O)C(CO)NC(=O)C(N)Cc1cnc[nH]1)C(=O)O. The minimum absolute atomic E-state index is 0.128. The Morgan fingerprint density at radius 2 is 1.97 bits per heavy atom. The van der Waals surface area contributed by atoms with Crippen LogP contribution in [0, 0.1) is 0 Å². The molecular weight excluding hydrogens is 426 g/mol. The van der Waals surface area contributed by atoms with Crippen molar-refractivity contribution >= 4 is 29.6 Å². The van der Waals surface area contributed by atoms with E-state index in [1.165, 1.54) is 12.5 Å². The summed E-state index contributed by atoms with van der Waals surface area (Å²) in [6.45, 7) is -0.567. The first-order chi connectivity index (χ1) is 15.1. The number of nitrogens with two attached hydrogens (primary N) is 2. The highest BCUT2D eigenvalue weighted by Crippen LogP contribution is 2.19. The molecule has 14 nitrogen and oxygen atoms in total. The van der Waals surface area contributed by atoms with E-state index >= 15 is 0 Å². The Balaban J connectivity index is 2.01. The van der Waals surface area contributed by atoms with Gasteiger partial charge in [-0.25, -0.2) is 9.78 Å². The summed E-state index contributed by atoms with van der Waals surface area (Å²) in [6, 6.07) is -4.92. The number of aromatic nitrogens is 2. The second-order valence-electron chi connectivity index (χ2n) is 7.39. The van der Waals surface area contributed by atoms with Gasteiger partial charge < -0.3 is 42.2 Å². The van der Waals surface area contributed by atoms with Gasteiger partial charge in [0.2, 0.25) is 23.6 Å². The van der Waals surface area contributed by atoms with Crippen LogP contribution in [0.2, 0.25) is 0 Å². The first-order valence-electron chi connectivity index (χ1n) is 9.90. The molecule has 176 valence electrons. The third-order valence-corrected chi connectivity index (χ3v) is 4.99. The van der Waals surface area contributed by atoms with Crippen molar-refractivity contribution in [3.05, 3.63) is 18.2 Å². The molecule has 2 heterocycles. The molecular formula is C18H27N7O7. The van der Waals surface area contributed by atoms with Gasteiger partial charge in [0.1, 0.15) is 18.1 Å². The number of carbonyl (C=O) groups excluding carboxylic acids is 4. The Kier molecular flexibility index (Phi) is 8.66. The van der Waals surface area contributed by atoms with Gasteiger partial charge in [0, 0.05) is 24.9 Å². The number of aliphatic hydroxyl groups excluding tert-OH is 1. The van der Waals surface area contributed by atoms with Crippen molar-refractivity contribution in [1.82, 2.24) is 25.5 Å². The number of rotatable bonds is 11. The highest BCUT2D eigenvalue weighted by Gasteiger charge is 2.39. The fourth-order valence-electron chi connectivity index (χ4n) is 3.36. The molecule has 2 rings (SSSR count). The quantitative estimate of drug-likeness (QED) is 0.174. The predicted octanol–water partition coefficient (Wildman–Crippen LogP) is -3.81. The summed E-state index contributed by atoms with van der Waals surface area (Å²) in [4.78, 5) is 67.9. The maximum absolute atomic E-state index is 12.9. The number of carbonyl (C=O) groups is 5. The number of aliphatic hydroxyl groups is 1. The van der Waals surface area contributed by atoms with Crippen LogP contribution < -0.4 is 22.1 Å². The molecule has 32 heavy (non-hydrogen) atoms. The van der Waals surface area contributed by atoms with Crippen molar-refractivity contribution in [2.24, 2.45) is 11.5 Å². The van der Waals surface area contributed by atoms with Gasteiger partial charge in [0.25, 0.3) is 0 Å². The minimum Gasteiger partial charge on any atom is -0.480 e. The van der Waals surface area contributed by atoms with Crippen molar-refractivity contribution in [3.63, 3.8) is 0 Å². The third kappa shape index (κ3) is 6.49. The van der Waals surface area contributed by atoms with E-state index in [1.54, 1.807) is 0 Å². The number of primary amides is 1. The van der Waals surface area contributed by atoms with Crippen LogP contribution in [0.4, 0.5) is 0 Å². The van der Waals surface area contributed by atoms with Gasteiger partial charge in [-0.2, -0.15) is 0 Å². The first kappa shape index (κ1) is 24.7. The zero-order valence-corrected chi connectivity index (χ0v) is 17.2. The summed E-state index contributed by atoms with van der Waals surface area (Å²) in [6.07, 6.45) is 3.14. The number of nitrogens with zero attached hydrogens (tertiary/aromatic N) is 2. The fourth-order valence-corrected chi connectivity index (χ4v) is 3.36. The molecule has 4 unspecified atom stereocenters. The van der Waals surface area contributed by atoms with Crippen molar-refractivity contribution in [2.75, 3.05) is 13.2 Å². The lowest BCUT2D eigenvalue weighted by Gasteiger charge is -2.29. The summed E-state index contributed by atoms with van der Waals surface area (Å²) in [5.41, 5.74) is 11.5. The zero-order valence-electron chi connectivity index (χ0n) is 17.2. The molecule has 4 amide bonds. The first-order valence-corrected chi connectivity index (χ1v) is 9.90. The van der Waals surface area contributed by atoms with Crippen LogP contribution in [0.3, 0.4) is 0 Å². The number of hydrogen-bond acceptors (Lipinski definition) is 8. The van der Waals surface area contributed by atoms with Crippen LogP contribution in [-0.2, 0) is 30.4 Å². The number of nitrogens with one attached hydrogen (secondary N) is 3. The number of aromatic amines is 1. The third-order valence-electron chi connectivity index (χ3n) is 4.99. The van der Waals surface area contributed by atoms with Crippen molar-refractivity contribution < 1.29 is 34.2 Å². The summed E-state index contributed by atoms with van der Waals surface area (Å²) < 4.78 is 0. The highest BCUT2D eigenvalue weighted by molar-refractivity contribution is 5.95. The normalized spacial score (nSPS) is 18.4. The lowest BCUT2D eigenvalue weighted by Crippen LogP contribution is -2.58. The smallest absolute Gasteiger partial charge is 0.326 e. The second kappa shape index (κ2) is 11.2. The largest absolute Gasteiger partial charge is 0.480 e. The molecule has 1 aromatic heterocycles. The minimum atomic E-state index is -1.54. The lowest BCUT2D eigenvalue weighted by atomic mass is 10.1. The molecule has 1 fully saturated rings. The van der Waals surface area contributed by atoms with Crippen LogP contribution in [0.1, 0.15) is 25.0 Å². The number of imidazole rings is 1. The Morgan fingerprint density at radius 3 is 2.53 bits per heavy atom. The molecule has 14 heteroatoms. The molecule has 0 aromatic carbocycles. The maximum Gasteiger partial charge on any atom is 0.326 e. The summed E-state index contributed by atoms with van der Waals surface area (Å²) >= 11 is 0. The lowest BCUT2D eigenvalue weighted by molar-refractivity contribution is -0.146. The summed E-state index contributed by atoms with van der Waals surface area (Å²) in [7, 11) is 0. The summed E-state index contributed by atoms with van der Waals surface area (Å²) in [5, 5.41) is 23.4. The number of hydrogen-bond donors (Lipinski definition) is 7. The molecule has 0 bridgehead atoms. The van der Waals surface area contributed by atoms with Gasteiger partial charge in [-0.1, -0.05) is 0 Å². The topological polar surface area (TPSA) is 234 Å². The van der Waals surface area contributed by atoms with E-state index in [9.17, 15) is 29.1 Å². The molecule has 1 aliphatic heterocycles. The number of H-pyrrole nitrogens is 1. The molecule has 1 saturated heterocycles. The number of likely N-dealkylation sites (tertiary alicyclic amines) is 1. The van der Waals surface area contributed by atoms with Gasteiger partial charge in [-0.3, -0.25) is 19.2 Å². The second-order valence-corrected chi connectivity index (χ2v) is 7.39. The van der Waals surface area contributed by atoms with Crippen LogP contribution in [0.15, 0.2) is 12.5 Å².